The Kier molecular flexibility index (Phi) is 5.66. The van der Waals surface area contributed by atoms with Gasteiger partial charge in [0.05, 0.1) is 18.9 Å². The van der Waals surface area contributed by atoms with E-state index in [1.54, 1.807) is 7.11 Å². The van der Waals surface area contributed by atoms with Crippen LogP contribution in [0.25, 0.3) is 0 Å². The summed E-state index contributed by atoms with van der Waals surface area (Å²) in [5.74, 6) is 1.03. The number of hydrogen-bond acceptors (Lipinski definition) is 4. The zero-order valence-corrected chi connectivity index (χ0v) is 12.0. The van der Waals surface area contributed by atoms with Gasteiger partial charge in [-0.1, -0.05) is 0 Å². The fourth-order valence-electron chi connectivity index (χ4n) is 2.05. The van der Waals surface area contributed by atoms with Crippen molar-refractivity contribution >= 4 is 5.95 Å². The molecule has 1 aromatic rings. The predicted octanol–water partition coefficient (Wildman–Crippen LogP) is 2.38. The van der Waals surface area contributed by atoms with E-state index in [-0.39, 0.29) is 0 Å². The van der Waals surface area contributed by atoms with Crippen LogP contribution in [0.1, 0.15) is 37.4 Å². The van der Waals surface area contributed by atoms with Gasteiger partial charge in [0.25, 0.3) is 0 Å². The van der Waals surface area contributed by atoms with E-state index in [2.05, 4.69) is 21.1 Å². The lowest BCUT2D eigenvalue weighted by Crippen LogP contribution is -2.09. The molecule has 1 aliphatic carbocycles. The van der Waals surface area contributed by atoms with E-state index in [1.807, 2.05) is 6.92 Å². The molecule has 1 fully saturated rings. The molecule has 1 aromatic heterocycles. The Morgan fingerprint density at radius 2 is 2.16 bits per heavy atom. The second kappa shape index (κ2) is 7.50. The van der Waals surface area contributed by atoms with Gasteiger partial charge in [-0.15, -0.1) is 0 Å². The fourth-order valence-corrected chi connectivity index (χ4v) is 2.05. The lowest BCUT2D eigenvalue weighted by atomic mass is 10.3. The average Bonchev–Trinajstić information content (AvgIpc) is 3.17. The lowest BCUT2D eigenvalue weighted by Gasteiger charge is -2.08. The van der Waals surface area contributed by atoms with Gasteiger partial charge in [-0.25, -0.2) is 4.98 Å². The lowest BCUT2D eigenvalue weighted by molar-refractivity contribution is 0.0691. The fraction of sp³-hybridized carbons (Fsp3) is 0.786. The number of ether oxygens (including phenoxy) is 2. The number of nitrogens with one attached hydrogen (secondary N) is 1. The number of nitrogens with zero attached hydrogens (tertiary/aromatic N) is 2. The maximum Gasteiger partial charge on any atom is 0.203 e. The molecule has 5 heteroatoms. The van der Waals surface area contributed by atoms with Crippen molar-refractivity contribution in [3.8, 4) is 0 Å². The first-order valence-corrected chi connectivity index (χ1v) is 7.17. The van der Waals surface area contributed by atoms with Crippen LogP contribution in [0.4, 0.5) is 5.95 Å². The van der Waals surface area contributed by atoms with E-state index >= 15 is 0 Å². The first-order valence-electron chi connectivity index (χ1n) is 7.17. The van der Waals surface area contributed by atoms with E-state index in [1.165, 1.54) is 12.8 Å². The Morgan fingerprint density at radius 1 is 1.32 bits per heavy atom. The molecular weight excluding hydrogens is 242 g/mol. The number of methoxy groups -OCH3 is 1. The van der Waals surface area contributed by atoms with Crippen LogP contribution in [-0.2, 0) is 9.47 Å². The predicted molar refractivity (Wildman–Crippen MR) is 75.7 cm³/mol. The van der Waals surface area contributed by atoms with Crippen molar-refractivity contribution in [2.75, 3.05) is 38.8 Å². The summed E-state index contributed by atoms with van der Waals surface area (Å²) in [5.41, 5.74) is 1.09. The minimum absolute atomic E-state index is 0.677. The third-order valence-electron chi connectivity index (χ3n) is 3.22. The molecule has 0 bridgehead atoms. The van der Waals surface area contributed by atoms with E-state index in [0.29, 0.717) is 19.3 Å². The second-order valence-electron chi connectivity index (χ2n) is 5.08. The number of anilines is 1. The highest BCUT2D eigenvalue weighted by molar-refractivity contribution is 5.30. The van der Waals surface area contributed by atoms with E-state index in [0.717, 1.165) is 37.6 Å². The summed E-state index contributed by atoms with van der Waals surface area (Å²) in [6, 6.07) is 0.682. The molecule has 1 heterocycles. The number of aryl methyl sites for hydroxylation is 1. The van der Waals surface area contributed by atoms with Crippen LogP contribution < -0.4 is 5.32 Å². The summed E-state index contributed by atoms with van der Waals surface area (Å²) in [5, 5.41) is 3.43. The molecule has 0 unspecified atom stereocenters. The highest BCUT2D eigenvalue weighted by Crippen LogP contribution is 2.37. The number of unbranched alkanes of at least 4 members (excludes halogenated alkanes) is 1. The SMILES string of the molecule is COCCOCCCCNc1nc(C)cn1C1CC1. The van der Waals surface area contributed by atoms with Gasteiger partial charge in [0.1, 0.15) is 0 Å². The summed E-state index contributed by atoms with van der Waals surface area (Å²) in [4.78, 5) is 4.53. The van der Waals surface area contributed by atoms with E-state index in [4.69, 9.17) is 9.47 Å². The van der Waals surface area contributed by atoms with Gasteiger partial charge in [-0.3, -0.25) is 0 Å². The molecule has 0 aromatic carbocycles. The van der Waals surface area contributed by atoms with Crippen molar-refractivity contribution in [3.05, 3.63) is 11.9 Å². The summed E-state index contributed by atoms with van der Waals surface area (Å²) in [6.45, 7) is 5.18. The molecule has 1 saturated carbocycles. The molecule has 0 amide bonds. The van der Waals surface area contributed by atoms with Gasteiger partial charge in [0, 0.05) is 32.5 Å². The first kappa shape index (κ1) is 14.3. The summed E-state index contributed by atoms with van der Waals surface area (Å²) in [7, 11) is 1.69. The van der Waals surface area contributed by atoms with Crippen LogP contribution in [-0.4, -0.2) is 43.0 Å². The Morgan fingerprint density at radius 3 is 2.89 bits per heavy atom. The third kappa shape index (κ3) is 4.84. The Bertz CT molecular complexity index is 375. The molecular formula is C14H25N3O2. The van der Waals surface area contributed by atoms with Gasteiger partial charge in [-0.05, 0) is 32.6 Å². The van der Waals surface area contributed by atoms with Gasteiger partial charge >= 0.3 is 0 Å². The van der Waals surface area contributed by atoms with Gasteiger partial charge in [0.15, 0.2) is 0 Å². The second-order valence-corrected chi connectivity index (χ2v) is 5.08. The van der Waals surface area contributed by atoms with Gasteiger partial charge < -0.3 is 19.4 Å². The normalized spacial score (nSPS) is 14.8. The average molecular weight is 267 g/mol. The van der Waals surface area contributed by atoms with Gasteiger partial charge in [-0.2, -0.15) is 0 Å². The molecule has 0 saturated heterocycles. The molecule has 2 rings (SSSR count). The van der Waals surface area contributed by atoms with Crippen molar-refractivity contribution in [2.24, 2.45) is 0 Å². The number of hydrogen-bond donors (Lipinski definition) is 1. The van der Waals surface area contributed by atoms with Crippen molar-refractivity contribution in [2.45, 2.75) is 38.6 Å². The molecule has 1 aliphatic rings. The van der Waals surface area contributed by atoms with Crippen LogP contribution in [0.5, 0.6) is 0 Å². The number of imidazole rings is 1. The van der Waals surface area contributed by atoms with E-state index < -0.39 is 0 Å². The number of rotatable bonds is 10. The summed E-state index contributed by atoms with van der Waals surface area (Å²) in [6.07, 6.45) is 6.90. The maximum absolute atomic E-state index is 5.43. The zero-order chi connectivity index (χ0) is 13.5. The molecule has 0 atom stereocenters. The molecule has 0 spiro atoms. The summed E-state index contributed by atoms with van der Waals surface area (Å²) < 4.78 is 12.6. The highest BCUT2D eigenvalue weighted by atomic mass is 16.5. The van der Waals surface area contributed by atoms with E-state index in [9.17, 15) is 0 Å². The zero-order valence-electron chi connectivity index (χ0n) is 12.0. The van der Waals surface area contributed by atoms with Crippen LogP contribution in [0.15, 0.2) is 6.20 Å². The van der Waals surface area contributed by atoms with Gasteiger partial charge in [0.2, 0.25) is 5.95 Å². The molecule has 108 valence electrons. The molecule has 19 heavy (non-hydrogen) atoms. The standard InChI is InChI=1S/C14H25N3O2/c1-12-11-17(13-5-6-13)14(16-12)15-7-3-4-8-19-10-9-18-2/h11,13H,3-10H2,1-2H3,(H,15,16). The van der Waals surface area contributed by atoms with Crippen LogP contribution in [0, 0.1) is 6.92 Å². The molecule has 0 aliphatic heterocycles. The Balaban J connectivity index is 1.58. The molecule has 1 N–H and O–H groups in total. The molecule has 0 radical (unpaired) electrons. The Hall–Kier alpha value is -1.07. The third-order valence-corrected chi connectivity index (χ3v) is 3.22. The summed E-state index contributed by atoms with van der Waals surface area (Å²) >= 11 is 0. The maximum atomic E-state index is 5.43. The van der Waals surface area contributed by atoms with Crippen LogP contribution in [0.2, 0.25) is 0 Å². The van der Waals surface area contributed by atoms with Crippen molar-refractivity contribution < 1.29 is 9.47 Å². The minimum atomic E-state index is 0.677. The Labute approximate surface area is 115 Å². The topological polar surface area (TPSA) is 48.3 Å². The van der Waals surface area contributed by atoms with Crippen LogP contribution >= 0.6 is 0 Å². The number of aromatic nitrogens is 2. The van der Waals surface area contributed by atoms with Crippen LogP contribution in [0.3, 0.4) is 0 Å². The minimum Gasteiger partial charge on any atom is -0.382 e. The van der Waals surface area contributed by atoms with Crippen molar-refractivity contribution in [1.29, 1.82) is 0 Å². The van der Waals surface area contributed by atoms with Crippen molar-refractivity contribution in [3.63, 3.8) is 0 Å². The smallest absolute Gasteiger partial charge is 0.203 e. The van der Waals surface area contributed by atoms with Crippen molar-refractivity contribution in [1.82, 2.24) is 9.55 Å². The first-order chi connectivity index (χ1) is 9.31. The molecule has 5 nitrogen and oxygen atoms in total. The largest absolute Gasteiger partial charge is 0.382 e. The highest BCUT2D eigenvalue weighted by Gasteiger charge is 2.25. The monoisotopic (exact) mass is 267 g/mol. The quantitative estimate of drug-likeness (QED) is 0.661.